The molecule has 0 atom stereocenters. The van der Waals surface area contributed by atoms with E-state index < -0.39 is 5.54 Å². The number of carbonyl (C=O) groups is 1. The van der Waals surface area contributed by atoms with Crippen LogP contribution in [0.2, 0.25) is 0 Å². The number of nitrogens with two attached hydrogens (primary N) is 1. The number of halogens is 1. The molecule has 1 aromatic carbocycles. The molecule has 0 unspecified atom stereocenters. The average molecular weight is 469 g/mol. The van der Waals surface area contributed by atoms with Crippen LogP contribution in [0.25, 0.3) is 11.3 Å². The van der Waals surface area contributed by atoms with Crippen molar-refractivity contribution in [3.63, 3.8) is 0 Å². The Bertz CT molecular complexity index is 1020. The van der Waals surface area contributed by atoms with Crippen LogP contribution in [0, 0.1) is 5.82 Å². The number of piperidine rings is 2. The van der Waals surface area contributed by atoms with Gasteiger partial charge in [0, 0.05) is 37.8 Å². The molecule has 34 heavy (non-hydrogen) atoms. The van der Waals surface area contributed by atoms with Crippen molar-refractivity contribution in [1.29, 1.82) is 0 Å². The van der Waals surface area contributed by atoms with Gasteiger partial charge in [0.1, 0.15) is 23.2 Å². The Labute approximate surface area is 201 Å². The van der Waals surface area contributed by atoms with Crippen molar-refractivity contribution in [3.05, 3.63) is 35.9 Å². The first kappa shape index (κ1) is 23.3. The van der Waals surface area contributed by atoms with Gasteiger partial charge in [0.25, 0.3) is 0 Å². The molecule has 2 N–H and O–H groups in total. The molecule has 0 radical (unpaired) electrons. The molecule has 5 rings (SSSR count). The van der Waals surface area contributed by atoms with E-state index in [1.807, 2.05) is 30.9 Å². The maximum atomic E-state index is 13.7. The molecule has 4 heterocycles. The Hall–Kier alpha value is -2.45. The highest BCUT2D eigenvalue weighted by molar-refractivity contribution is 5.80. The molecule has 2 aromatic rings. The molecule has 8 heteroatoms. The fraction of sp³-hybridized carbons (Fsp3) is 0.615. The van der Waals surface area contributed by atoms with Crippen LogP contribution >= 0.6 is 0 Å². The van der Waals surface area contributed by atoms with E-state index >= 15 is 0 Å². The zero-order valence-corrected chi connectivity index (χ0v) is 20.5. The molecule has 184 valence electrons. The number of imidazole rings is 1. The van der Waals surface area contributed by atoms with Gasteiger partial charge in [0.05, 0.1) is 12.1 Å². The molecule has 2 fully saturated rings. The van der Waals surface area contributed by atoms with E-state index in [2.05, 4.69) is 14.4 Å². The highest BCUT2D eigenvalue weighted by Gasteiger charge is 2.42. The second kappa shape index (κ2) is 9.30. The van der Waals surface area contributed by atoms with Crippen LogP contribution in [0.15, 0.2) is 24.3 Å². The van der Waals surface area contributed by atoms with E-state index in [0.717, 1.165) is 48.8 Å². The molecule has 1 amide bonds. The van der Waals surface area contributed by atoms with Crippen LogP contribution in [0.3, 0.4) is 0 Å². The minimum Gasteiger partial charge on any atom is -0.356 e. The second-order valence-electron chi connectivity index (χ2n) is 10.4. The van der Waals surface area contributed by atoms with E-state index in [9.17, 15) is 9.18 Å². The topological polar surface area (TPSA) is 70.6 Å². The highest BCUT2D eigenvalue weighted by Crippen LogP contribution is 2.41. The predicted octanol–water partition coefficient (Wildman–Crippen LogP) is 3.18. The van der Waals surface area contributed by atoms with Crippen molar-refractivity contribution >= 4 is 11.7 Å². The summed E-state index contributed by atoms with van der Waals surface area (Å²) in [5.41, 5.74) is 6.92. The van der Waals surface area contributed by atoms with E-state index in [-0.39, 0.29) is 18.3 Å². The Balaban J connectivity index is 1.49. The molecular formula is C26H37FN6O. The van der Waals surface area contributed by atoms with Gasteiger partial charge < -0.3 is 25.0 Å². The zero-order chi connectivity index (χ0) is 23.9. The minimum absolute atomic E-state index is 0.00811. The Morgan fingerprint density at radius 2 is 1.71 bits per heavy atom. The Kier molecular flexibility index (Phi) is 6.37. The van der Waals surface area contributed by atoms with Gasteiger partial charge >= 0.3 is 0 Å². The quantitative estimate of drug-likeness (QED) is 0.746. The number of benzene rings is 1. The first-order valence-corrected chi connectivity index (χ1v) is 12.8. The van der Waals surface area contributed by atoms with Crippen molar-refractivity contribution < 1.29 is 9.18 Å². The summed E-state index contributed by atoms with van der Waals surface area (Å²) in [6, 6.07) is 7.27. The van der Waals surface area contributed by atoms with Crippen LogP contribution in [-0.2, 0) is 16.9 Å². The molecule has 7 nitrogen and oxygen atoms in total. The maximum Gasteiger partial charge on any atom is 0.237 e. The van der Waals surface area contributed by atoms with Crippen LogP contribution < -0.4 is 10.6 Å². The summed E-state index contributed by atoms with van der Waals surface area (Å²) < 4.78 is 16.0. The molecule has 2 saturated heterocycles. The van der Waals surface area contributed by atoms with Crippen molar-refractivity contribution in [1.82, 2.24) is 19.4 Å². The normalized spacial score (nSPS) is 21.5. The van der Waals surface area contributed by atoms with Gasteiger partial charge in [-0.1, -0.05) is 6.42 Å². The monoisotopic (exact) mass is 468 g/mol. The number of hydrogen-bond donors (Lipinski definition) is 1. The fourth-order valence-corrected chi connectivity index (χ4v) is 6.12. The van der Waals surface area contributed by atoms with Gasteiger partial charge in [-0.3, -0.25) is 4.79 Å². The number of hydrogen-bond acceptors (Lipinski definition) is 5. The van der Waals surface area contributed by atoms with E-state index in [0.29, 0.717) is 19.1 Å². The predicted molar refractivity (Wildman–Crippen MR) is 132 cm³/mol. The van der Waals surface area contributed by atoms with Crippen LogP contribution in [0.5, 0.6) is 0 Å². The average Bonchev–Trinajstić information content (AvgIpc) is 3.26. The van der Waals surface area contributed by atoms with Crippen molar-refractivity contribution in [2.24, 2.45) is 5.73 Å². The molecule has 1 aromatic heterocycles. The van der Waals surface area contributed by atoms with Crippen LogP contribution in [0.4, 0.5) is 10.2 Å². The van der Waals surface area contributed by atoms with Crippen LogP contribution in [0.1, 0.15) is 51.8 Å². The number of fused-ring (bicyclic) bond motifs is 1. The fourth-order valence-electron chi connectivity index (χ4n) is 6.12. The van der Waals surface area contributed by atoms with Crippen LogP contribution in [-0.4, -0.2) is 70.6 Å². The Morgan fingerprint density at radius 3 is 2.35 bits per heavy atom. The third-order valence-corrected chi connectivity index (χ3v) is 7.97. The lowest BCUT2D eigenvalue weighted by molar-refractivity contribution is -0.137. The first-order valence-electron chi connectivity index (χ1n) is 12.8. The standard InChI is InChI=1S/C26H37FN6O/c1-26(2)25-29-23(19-6-8-20(27)9-7-19)24(32(25)16-17-33(26)22(34)18-28)31-14-10-21(11-15-31)30-12-4-3-5-13-30/h6-9,21H,3-5,10-18,28H2,1-2H3. The second-order valence-corrected chi connectivity index (χ2v) is 10.4. The van der Waals surface area contributed by atoms with Gasteiger partial charge in [0.2, 0.25) is 5.91 Å². The zero-order valence-electron chi connectivity index (χ0n) is 20.5. The summed E-state index contributed by atoms with van der Waals surface area (Å²) in [6.07, 6.45) is 6.28. The van der Waals surface area contributed by atoms with Gasteiger partial charge in [-0.25, -0.2) is 9.37 Å². The van der Waals surface area contributed by atoms with E-state index in [4.69, 9.17) is 10.7 Å². The summed E-state index contributed by atoms with van der Waals surface area (Å²) in [5, 5.41) is 0. The summed E-state index contributed by atoms with van der Waals surface area (Å²) in [4.78, 5) is 24.7. The van der Waals surface area contributed by atoms with Crippen molar-refractivity contribution in [2.75, 3.05) is 44.2 Å². The summed E-state index contributed by atoms with van der Waals surface area (Å²) >= 11 is 0. The molecule has 0 saturated carbocycles. The number of carbonyl (C=O) groups excluding carboxylic acids is 1. The molecule has 0 aliphatic carbocycles. The van der Waals surface area contributed by atoms with Crippen molar-refractivity contribution in [2.45, 2.75) is 64.1 Å². The molecular weight excluding hydrogens is 431 g/mol. The first-order chi connectivity index (χ1) is 16.4. The third kappa shape index (κ3) is 4.11. The number of nitrogens with zero attached hydrogens (tertiary/aromatic N) is 5. The summed E-state index contributed by atoms with van der Waals surface area (Å²) in [7, 11) is 0. The number of rotatable bonds is 4. The molecule has 0 bridgehead atoms. The van der Waals surface area contributed by atoms with Crippen molar-refractivity contribution in [3.8, 4) is 11.3 Å². The smallest absolute Gasteiger partial charge is 0.237 e. The number of likely N-dealkylation sites (tertiary alicyclic amines) is 1. The molecule has 3 aliphatic heterocycles. The largest absolute Gasteiger partial charge is 0.356 e. The third-order valence-electron chi connectivity index (χ3n) is 7.97. The number of amides is 1. The molecule has 3 aliphatic rings. The number of anilines is 1. The van der Waals surface area contributed by atoms with Gasteiger partial charge in [0.15, 0.2) is 0 Å². The number of aromatic nitrogens is 2. The van der Waals surface area contributed by atoms with Gasteiger partial charge in [-0.2, -0.15) is 0 Å². The Morgan fingerprint density at radius 1 is 1.03 bits per heavy atom. The lowest BCUT2D eigenvalue weighted by Gasteiger charge is -2.44. The summed E-state index contributed by atoms with van der Waals surface area (Å²) in [6.45, 7) is 9.77. The lowest BCUT2D eigenvalue weighted by atomic mass is 9.98. The van der Waals surface area contributed by atoms with Gasteiger partial charge in [-0.05, 0) is 76.9 Å². The minimum atomic E-state index is -0.576. The molecule has 0 spiro atoms. The maximum absolute atomic E-state index is 13.7. The lowest BCUT2D eigenvalue weighted by Crippen LogP contribution is -2.54. The van der Waals surface area contributed by atoms with E-state index in [1.165, 1.54) is 44.5 Å². The van der Waals surface area contributed by atoms with Gasteiger partial charge in [-0.15, -0.1) is 0 Å². The highest BCUT2D eigenvalue weighted by atomic mass is 19.1. The summed E-state index contributed by atoms with van der Waals surface area (Å²) in [5.74, 6) is 1.66. The SMILES string of the molecule is CC1(C)c2nc(-c3ccc(F)cc3)c(N3CCC(N4CCCCC4)CC3)n2CCN1C(=O)CN. The van der Waals surface area contributed by atoms with E-state index in [1.54, 1.807) is 0 Å².